The molecule has 30 heavy (non-hydrogen) atoms. The number of anilines is 2. The lowest BCUT2D eigenvalue weighted by molar-refractivity contribution is -0.147. The van der Waals surface area contributed by atoms with Gasteiger partial charge in [0.25, 0.3) is 5.91 Å². The molecule has 8 nitrogen and oxygen atoms in total. The number of benzene rings is 2. The molecule has 0 aliphatic carbocycles. The summed E-state index contributed by atoms with van der Waals surface area (Å²) in [5.74, 6) is -0.613. The molecule has 0 heterocycles. The fraction of sp³-hybridized carbons (Fsp3) is 0.286. The zero-order chi connectivity index (χ0) is 22.1. The van der Waals surface area contributed by atoms with Crippen molar-refractivity contribution < 1.29 is 28.6 Å². The van der Waals surface area contributed by atoms with E-state index < -0.39 is 18.5 Å². The smallest absolute Gasteiger partial charge is 0.306 e. The van der Waals surface area contributed by atoms with Crippen molar-refractivity contribution in [2.45, 2.75) is 19.8 Å². The number of amides is 2. The van der Waals surface area contributed by atoms with Crippen LogP contribution in [0.15, 0.2) is 36.4 Å². The fourth-order valence-corrected chi connectivity index (χ4v) is 2.61. The number of methoxy groups -OCH3 is 2. The summed E-state index contributed by atoms with van der Waals surface area (Å²) in [7, 11) is 2.96. The molecule has 0 unspecified atom stereocenters. The maximum absolute atomic E-state index is 12.0. The summed E-state index contributed by atoms with van der Waals surface area (Å²) < 4.78 is 15.2. The number of ether oxygens (including phenoxy) is 3. The molecule has 9 heteroatoms. The number of esters is 1. The Morgan fingerprint density at radius 3 is 2.37 bits per heavy atom. The number of hydrogen-bond donors (Lipinski definition) is 2. The molecular weight excluding hydrogens is 412 g/mol. The molecule has 0 radical (unpaired) electrons. The normalized spacial score (nSPS) is 10.1. The lowest BCUT2D eigenvalue weighted by atomic mass is 10.2. The van der Waals surface area contributed by atoms with E-state index in [0.717, 1.165) is 5.56 Å². The number of halogens is 1. The molecule has 2 N–H and O–H groups in total. The minimum atomic E-state index is -0.667. The van der Waals surface area contributed by atoms with Gasteiger partial charge in [0.1, 0.15) is 11.5 Å². The second-order valence-electron chi connectivity index (χ2n) is 6.29. The molecule has 2 aromatic carbocycles. The van der Waals surface area contributed by atoms with Crippen molar-refractivity contribution in [2.24, 2.45) is 0 Å². The van der Waals surface area contributed by atoms with E-state index in [4.69, 9.17) is 25.8 Å². The molecule has 2 aromatic rings. The molecule has 0 saturated carbocycles. The van der Waals surface area contributed by atoms with Crippen molar-refractivity contribution in [3.63, 3.8) is 0 Å². The summed E-state index contributed by atoms with van der Waals surface area (Å²) in [5.41, 5.74) is 1.81. The average Bonchev–Trinajstić information content (AvgIpc) is 2.73. The topological polar surface area (TPSA) is 103 Å². The fourth-order valence-electron chi connectivity index (χ4n) is 2.43. The molecule has 0 spiro atoms. The Morgan fingerprint density at radius 1 is 0.933 bits per heavy atom. The summed E-state index contributed by atoms with van der Waals surface area (Å²) in [5, 5.41) is 5.77. The largest absolute Gasteiger partial charge is 0.497 e. The third-order valence-corrected chi connectivity index (χ3v) is 4.46. The van der Waals surface area contributed by atoms with Gasteiger partial charge in [-0.3, -0.25) is 14.4 Å². The lowest BCUT2D eigenvalue weighted by Crippen LogP contribution is -2.22. The third kappa shape index (κ3) is 6.97. The van der Waals surface area contributed by atoms with Gasteiger partial charge in [0.15, 0.2) is 6.61 Å². The van der Waals surface area contributed by atoms with Crippen LogP contribution in [0.5, 0.6) is 11.5 Å². The van der Waals surface area contributed by atoms with E-state index in [1.165, 1.54) is 14.2 Å². The summed E-state index contributed by atoms with van der Waals surface area (Å²) >= 11 is 6.01. The maximum atomic E-state index is 12.0. The van der Waals surface area contributed by atoms with E-state index in [1.807, 2.05) is 6.92 Å². The van der Waals surface area contributed by atoms with Crippen LogP contribution in [0, 0.1) is 6.92 Å². The Balaban J connectivity index is 1.77. The standard InChI is InChI=1S/C21H23ClN2O6/c1-13-4-5-14(10-16(13)22)23-19(25)8-9-21(27)30-12-20(26)24-17-11-15(28-2)6-7-18(17)29-3/h4-7,10-11H,8-9,12H2,1-3H3,(H,23,25)(H,24,26). The molecule has 0 aliphatic rings. The van der Waals surface area contributed by atoms with Gasteiger partial charge in [-0.25, -0.2) is 0 Å². The van der Waals surface area contributed by atoms with Crippen LogP contribution in [0.4, 0.5) is 11.4 Å². The molecule has 0 aromatic heterocycles. The number of rotatable bonds is 9. The molecule has 2 rings (SSSR count). The first-order valence-electron chi connectivity index (χ1n) is 9.06. The number of hydrogen-bond acceptors (Lipinski definition) is 6. The van der Waals surface area contributed by atoms with Crippen LogP contribution in [0.3, 0.4) is 0 Å². The van der Waals surface area contributed by atoms with E-state index in [9.17, 15) is 14.4 Å². The second-order valence-corrected chi connectivity index (χ2v) is 6.69. The Labute approximate surface area is 179 Å². The van der Waals surface area contributed by atoms with Crippen LogP contribution in [0.25, 0.3) is 0 Å². The Kier molecular flexibility index (Phi) is 8.49. The van der Waals surface area contributed by atoms with E-state index in [1.54, 1.807) is 36.4 Å². The van der Waals surface area contributed by atoms with E-state index in [0.29, 0.717) is 27.9 Å². The summed E-state index contributed by atoms with van der Waals surface area (Å²) in [4.78, 5) is 35.8. The highest BCUT2D eigenvalue weighted by Crippen LogP contribution is 2.28. The average molecular weight is 435 g/mol. The Morgan fingerprint density at radius 2 is 1.70 bits per heavy atom. The van der Waals surface area contributed by atoms with Crippen LogP contribution in [0.1, 0.15) is 18.4 Å². The summed E-state index contributed by atoms with van der Waals surface area (Å²) in [6, 6.07) is 10.0. The van der Waals surface area contributed by atoms with Gasteiger partial charge >= 0.3 is 5.97 Å². The zero-order valence-corrected chi connectivity index (χ0v) is 17.7. The number of aryl methyl sites for hydroxylation is 1. The minimum Gasteiger partial charge on any atom is -0.497 e. The highest BCUT2D eigenvalue weighted by molar-refractivity contribution is 6.31. The number of carbonyl (C=O) groups excluding carboxylic acids is 3. The lowest BCUT2D eigenvalue weighted by Gasteiger charge is -2.12. The highest BCUT2D eigenvalue weighted by Gasteiger charge is 2.13. The van der Waals surface area contributed by atoms with E-state index in [-0.39, 0.29) is 18.7 Å². The predicted molar refractivity (Wildman–Crippen MR) is 113 cm³/mol. The minimum absolute atomic E-state index is 0.0876. The van der Waals surface area contributed by atoms with Crippen molar-refractivity contribution in [1.29, 1.82) is 0 Å². The molecule has 0 aliphatic heterocycles. The summed E-state index contributed by atoms with van der Waals surface area (Å²) in [6.45, 7) is 1.36. The van der Waals surface area contributed by atoms with Crippen LogP contribution in [0.2, 0.25) is 5.02 Å². The molecule has 0 atom stereocenters. The van der Waals surface area contributed by atoms with Crippen molar-refractivity contribution in [2.75, 3.05) is 31.5 Å². The molecule has 0 saturated heterocycles. The third-order valence-electron chi connectivity index (χ3n) is 4.06. The van der Waals surface area contributed by atoms with Crippen molar-refractivity contribution in [3.8, 4) is 11.5 Å². The Hall–Kier alpha value is -3.26. The first-order valence-corrected chi connectivity index (χ1v) is 9.43. The number of nitrogens with one attached hydrogen (secondary N) is 2. The van der Waals surface area contributed by atoms with Gasteiger partial charge in [0.05, 0.1) is 26.3 Å². The highest BCUT2D eigenvalue weighted by atomic mass is 35.5. The van der Waals surface area contributed by atoms with Crippen LogP contribution < -0.4 is 20.1 Å². The first-order chi connectivity index (χ1) is 14.3. The van der Waals surface area contributed by atoms with Crippen LogP contribution >= 0.6 is 11.6 Å². The van der Waals surface area contributed by atoms with Gasteiger partial charge < -0.3 is 24.8 Å². The predicted octanol–water partition coefficient (Wildman–Crippen LogP) is 3.57. The molecular formula is C21H23ClN2O6. The van der Waals surface area contributed by atoms with Crippen LogP contribution in [-0.2, 0) is 19.1 Å². The number of carbonyl (C=O) groups is 3. The van der Waals surface area contributed by atoms with Gasteiger partial charge in [-0.2, -0.15) is 0 Å². The molecule has 2 amide bonds. The van der Waals surface area contributed by atoms with Crippen molar-refractivity contribution >= 4 is 40.8 Å². The van der Waals surface area contributed by atoms with E-state index >= 15 is 0 Å². The van der Waals surface area contributed by atoms with Crippen LogP contribution in [-0.4, -0.2) is 38.6 Å². The van der Waals surface area contributed by atoms with E-state index in [2.05, 4.69) is 10.6 Å². The summed E-state index contributed by atoms with van der Waals surface area (Å²) in [6.07, 6.45) is -0.253. The quantitative estimate of drug-likeness (QED) is 0.585. The second kappa shape index (κ2) is 11.1. The van der Waals surface area contributed by atoms with Crippen molar-refractivity contribution in [3.05, 3.63) is 47.0 Å². The van der Waals surface area contributed by atoms with Gasteiger partial charge in [0.2, 0.25) is 5.91 Å². The maximum Gasteiger partial charge on any atom is 0.306 e. The first kappa shape index (κ1) is 23.0. The molecule has 160 valence electrons. The Bertz CT molecular complexity index is 932. The van der Waals surface area contributed by atoms with Gasteiger partial charge in [-0.05, 0) is 36.8 Å². The van der Waals surface area contributed by atoms with Gasteiger partial charge in [-0.1, -0.05) is 17.7 Å². The van der Waals surface area contributed by atoms with Gasteiger partial charge in [-0.15, -0.1) is 0 Å². The van der Waals surface area contributed by atoms with Gasteiger partial charge in [0, 0.05) is 23.2 Å². The SMILES string of the molecule is COc1ccc(OC)c(NC(=O)COC(=O)CCC(=O)Nc2ccc(C)c(Cl)c2)c1. The molecule has 0 bridgehead atoms. The zero-order valence-electron chi connectivity index (χ0n) is 16.9. The molecule has 0 fully saturated rings. The monoisotopic (exact) mass is 434 g/mol. The van der Waals surface area contributed by atoms with Crippen molar-refractivity contribution in [1.82, 2.24) is 0 Å².